The highest BCUT2D eigenvalue weighted by Gasteiger charge is 2.20. The molecule has 0 spiro atoms. The Kier molecular flexibility index (Phi) is 4.38. The third kappa shape index (κ3) is 3.36. The van der Waals surface area contributed by atoms with E-state index < -0.39 is 0 Å². The molecule has 4 rings (SSSR count). The summed E-state index contributed by atoms with van der Waals surface area (Å²) >= 11 is 0. The van der Waals surface area contributed by atoms with Crippen LogP contribution in [0, 0.1) is 0 Å². The number of morpholine rings is 1. The number of nitrogens with zero attached hydrogens (tertiary/aromatic N) is 3. The molecule has 1 atom stereocenters. The van der Waals surface area contributed by atoms with Crippen LogP contribution in [0.4, 0.5) is 0 Å². The lowest BCUT2D eigenvalue weighted by Gasteiger charge is -2.31. The van der Waals surface area contributed by atoms with Gasteiger partial charge in [-0.25, -0.2) is 4.98 Å². The van der Waals surface area contributed by atoms with Gasteiger partial charge in [0.1, 0.15) is 11.6 Å². The maximum absolute atomic E-state index is 13.0. The van der Waals surface area contributed by atoms with Crippen molar-refractivity contribution >= 4 is 10.9 Å². The van der Waals surface area contributed by atoms with Gasteiger partial charge >= 0.3 is 0 Å². The van der Waals surface area contributed by atoms with Gasteiger partial charge in [-0.1, -0.05) is 12.1 Å². The van der Waals surface area contributed by atoms with E-state index in [4.69, 9.17) is 14.1 Å². The predicted molar refractivity (Wildman–Crippen MR) is 94.5 cm³/mol. The van der Waals surface area contributed by atoms with Crippen molar-refractivity contribution in [2.75, 3.05) is 19.7 Å². The van der Waals surface area contributed by atoms with Crippen LogP contribution in [0.1, 0.15) is 18.5 Å². The topological polar surface area (TPSA) is 60.5 Å². The van der Waals surface area contributed by atoms with Gasteiger partial charge in [0, 0.05) is 13.1 Å². The number of aromatic nitrogens is 2. The standard InChI is InChI=1S/C19H21N3O3/c1-14-11-21(8-10-24-14)13-18-20-17-7-3-2-6-16(17)19(23)22(18)12-15-5-4-9-25-15/h2-7,9,14H,8,10-13H2,1H3. The van der Waals surface area contributed by atoms with Crippen molar-refractivity contribution in [1.82, 2.24) is 14.5 Å². The molecule has 6 nitrogen and oxygen atoms in total. The summed E-state index contributed by atoms with van der Waals surface area (Å²) in [6.45, 7) is 5.46. The van der Waals surface area contributed by atoms with Gasteiger partial charge in [-0.15, -0.1) is 0 Å². The first-order valence-electron chi connectivity index (χ1n) is 8.55. The van der Waals surface area contributed by atoms with Crippen molar-refractivity contribution in [3.05, 3.63) is 64.6 Å². The minimum atomic E-state index is -0.0293. The number of ether oxygens (including phenoxy) is 1. The number of hydrogen-bond donors (Lipinski definition) is 0. The summed E-state index contributed by atoms with van der Waals surface area (Å²) in [5, 5.41) is 0.633. The smallest absolute Gasteiger partial charge is 0.261 e. The summed E-state index contributed by atoms with van der Waals surface area (Å²) in [6.07, 6.45) is 1.82. The molecular formula is C19H21N3O3. The van der Waals surface area contributed by atoms with Crippen LogP contribution in [0.5, 0.6) is 0 Å². The third-order valence-corrected chi connectivity index (χ3v) is 4.52. The lowest BCUT2D eigenvalue weighted by atomic mass is 10.2. The molecule has 1 fully saturated rings. The van der Waals surface area contributed by atoms with Crippen LogP contribution in [-0.4, -0.2) is 40.3 Å². The average Bonchev–Trinajstić information content (AvgIpc) is 3.12. The summed E-state index contributed by atoms with van der Waals surface area (Å²) in [4.78, 5) is 20.1. The second-order valence-electron chi connectivity index (χ2n) is 6.43. The number of para-hydroxylation sites is 1. The van der Waals surface area contributed by atoms with E-state index in [2.05, 4.69) is 11.8 Å². The average molecular weight is 339 g/mol. The normalized spacial score (nSPS) is 18.7. The van der Waals surface area contributed by atoms with E-state index in [1.807, 2.05) is 36.4 Å². The van der Waals surface area contributed by atoms with E-state index in [9.17, 15) is 4.79 Å². The molecule has 0 saturated carbocycles. The molecule has 130 valence electrons. The first-order chi connectivity index (χ1) is 12.2. The predicted octanol–water partition coefficient (Wildman–Crippen LogP) is 2.26. The van der Waals surface area contributed by atoms with Crippen LogP contribution < -0.4 is 5.56 Å². The van der Waals surface area contributed by atoms with E-state index in [1.54, 1.807) is 10.8 Å². The van der Waals surface area contributed by atoms with Crippen LogP contribution in [0.2, 0.25) is 0 Å². The highest BCUT2D eigenvalue weighted by molar-refractivity contribution is 5.77. The second kappa shape index (κ2) is 6.82. The minimum Gasteiger partial charge on any atom is -0.467 e. The molecule has 25 heavy (non-hydrogen) atoms. The molecule has 1 aliphatic heterocycles. The Labute approximate surface area is 145 Å². The third-order valence-electron chi connectivity index (χ3n) is 4.52. The minimum absolute atomic E-state index is 0.0293. The maximum Gasteiger partial charge on any atom is 0.261 e. The number of hydrogen-bond acceptors (Lipinski definition) is 5. The summed E-state index contributed by atoms with van der Waals surface area (Å²) in [7, 11) is 0. The molecule has 1 saturated heterocycles. The van der Waals surface area contributed by atoms with Crippen molar-refractivity contribution in [3.63, 3.8) is 0 Å². The van der Waals surface area contributed by atoms with Crippen LogP contribution in [-0.2, 0) is 17.8 Å². The molecule has 1 aromatic carbocycles. The van der Waals surface area contributed by atoms with Crippen LogP contribution in [0.25, 0.3) is 10.9 Å². The second-order valence-corrected chi connectivity index (χ2v) is 6.43. The Bertz CT molecular complexity index is 917. The lowest BCUT2D eigenvalue weighted by molar-refractivity contribution is -0.0223. The quantitative estimate of drug-likeness (QED) is 0.730. The monoisotopic (exact) mass is 339 g/mol. The van der Waals surface area contributed by atoms with Crippen molar-refractivity contribution in [1.29, 1.82) is 0 Å². The fourth-order valence-electron chi connectivity index (χ4n) is 3.29. The molecule has 3 heterocycles. The lowest BCUT2D eigenvalue weighted by Crippen LogP contribution is -2.42. The molecule has 0 aliphatic carbocycles. The number of furan rings is 1. The number of benzene rings is 1. The Balaban J connectivity index is 1.75. The van der Waals surface area contributed by atoms with Crippen LogP contribution >= 0.6 is 0 Å². The molecule has 0 radical (unpaired) electrons. The first-order valence-corrected chi connectivity index (χ1v) is 8.55. The summed E-state index contributed by atoms with van der Waals surface area (Å²) in [5.41, 5.74) is 0.706. The van der Waals surface area contributed by atoms with Gasteiger partial charge < -0.3 is 9.15 Å². The molecular weight excluding hydrogens is 318 g/mol. The van der Waals surface area contributed by atoms with Gasteiger partial charge in [0.2, 0.25) is 0 Å². The summed E-state index contributed by atoms with van der Waals surface area (Å²) in [6, 6.07) is 11.2. The SMILES string of the molecule is CC1CN(Cc2nc3ccccc3c(=O)n2Cc2ccco2)CCO1. The van der Waals surface area contributed by atoms with E-state index in [0.717, 1.165) is 30.2 Å². The summed E-state index contributed by atoms with van der Waals surface area (Å²) in [5.74, 6) is 1.50. The molecule has 0 N–H and O–H groups in total. The van der Waals surface area contributed by atoms with E-state index in [1.165, 1.54) is 0 Å². The van der Waals surface area contributed by atoms with Crippen molar-refractivity contribution in [2.24, 2.45) is 0 Å². The fourth-order valence-corrected chi connectivity index (χ4v) is 3.29. The molecule has 1 unspecified atom stereocenters. The van der Waals surface area contributed by atoms with Crippen LogP contribution in [0.3, 0.4) is 0 Å². The Morgan fingerprint density at radius 1 is 1.20 bits per heavy atom. The summed E-state index contributed by atoms with van der Waals surface area (Å²) < 4.78 is 12.8. The van der Waals surface area contributed by atoms with Gasteiger partial charge in [-0.2, -0.15) is 0 Å². The largest absolute Gasteiger partial charge is 0.467 e. The van der Waals surface area contributed by atoms with Gasteiger partial charge in [0.15, 0.2) is 0 Å². The zero-order chi connectivity index (χ0) is 17.2. The highest BCUT2D eigenvalue weighted by Crippen LogP contribution is 2.14. The zero-order valence-corrected chi connectivity index (χ0v) is 14.2. The van der Waals surface area contributed by atoms with Crippen molar-refractivity contribution in [3.8, 4) is 0 Å². The van der Waals surface area contributed by atoms with Gasteiger partial charge in [0.25, 0.3) is 5.56 Å². The number of fused-ring (bicyclic) bond motifs is 1. The van der Waals surface area contributed by atoms with Gasteiger partial charge in [-0.3, -0.25) is 14.3 Å². The van der Waals surface area contributed by atoms with E-state index in [0.29, 0.717) is 25.1 Å². The zero-order valence-electron chi connectivity index (χ0n) is 14.2. The molecule has 0 amide bonds. The van der Waals surface area contributed by atoms with E-state index >= 15 is 0 Å². The van der Waals surface area contributed by atoms with Crippen LogP contribution in [0.15, 0.2) is 51.9 Å². The fraction of sp³-hybridized carbons (Fsp3) is 0.368. The van der Waals surface area contributed by atoms with Crippen molar-refractivity contribution in [2.45, 2.75) is 26.1 Å². The molecule has 3 aromatic rings. The Hall–Kier alpha value is -2.44. The van der Waals surface area contributed by atoms with E-state index in [-0.39, 0.29) is 11.7 Å². The molecule has 6 heteroatoms. The maximum atomic E-state index is 13.0. The molecule has 2 aromatic heterocycles. The Morgan fingerprint density at radius 2 is 2.08 bits per heavy atom. The molecule has 0 bridgehead atoms. The van der Waals surface area contributed by atoms with Gasteiger partial charge in [0.05, 0.1) is 43.0 Å². The Morgan fingerprint density at radius 3 is 2.88 bits per heavy atom. The highest BCUT2D eigenvalue weighted by atomic mass is 16.5. The van der Waals surface area contributed by atoms with Crippen molar-refractivity contribution < 1.29 is 9.15 Å². The first kappa shape index (κ1) is 16.1. The van der Waals surface area contributed by atoms with Gasteiger partial charge in [-0.05, 0) is 31.2 Å². The molecule has 1 aliphatic rings. The number of rotatable bonds is 4.